The SMILES string of the molecule is COc1ncccc1-c1ccc(C#N)cc1C. The molecule has 0 spiro atoms. The van der Waals surface area contributed by atoms with Crippen LogP contribution >= 0.6 is 0 Å². The van der Waals surface area contributed by atoms with E-state index in [0.29, 0.717) is 11.4 Å². The fourth-order valence-corrected chi connectivity index (χ4v) is 1.79. The van der Waals surface area contributed by atoms with E-state index in [1.54, 1.807) is 19.4 Å². The van der Waals surface area contributed by atoms with Gasteiger partial charge in [0.05, 0.1) is 18.7 Å². The van der Waals surface area contributed by atoms with Crippen molar-refractivity contribution in [2.45, 2.75) is 6.92 Å². The number of ether oxygens (including phenoxy) is 1. The molecule has 0 atom stereocenters. The van der Waals surface area contributed by atoms with Crippen molar-refractivity contribution in [2.24, 2.45) is 0 Å². The van der Waals surface area contributed by atoms with Crippen LogP contribution in [0.25, 0.3) is 11.1 Å². The van der Waals surface area contributed by atoms with E-state index < -0.39 is 0 Å². The second-order valence-electron chi connectivity index (χ2n) is 3.70. The highest BCUT2D eigenvalue weighted by molar-refractivity contribution is 5.72. The first-order valence-electron chi connectivity index (χ1n) is 5.26. The highest BCUT2D eigenvalue weighted by Gasteiger charge is 2.09. The van der Waals surface area contributed by atoms with Crippen molar-refractivity contribution in [1.29, 1.82) is 5.26 Å². The van der Waals surface area contributed by atoms with E-state index in [1.165, 1.54) is 0 Å². The molecule has 0 unspecified atom stereocenters. The number of nitriles is 1. The number of aromatic nitrogens is 1. The lowest BCUT2D eigenvalue weighted by Gasteiger charge is -2.09. The second-order valence-corrected chi connectivity index (χ2v) is 3.70. The maximum atomic E-state index is 8.84. The summed E-state index contributed by atoms with van der Waals surface area (Å²) in [5, 5.41) is 8.84. The molecule has 0 saturated carbocycles. The molecule has 0 aliphatic carbocycles. The van der Waals surface area contributed by atoms with E-state index in [9.17, 15) is 0 Å². The average Bonchev–Trinajstić information content (AvgIpc) is 2.38. The third kappa shape index (κ3) is 2.11. The minimum atomic E-state index is 0.598. The Morgan fingerprint density at radius 1 is 1.24 bits per heavy atom. The molecule has 0 fully saturated rings. The van der Waals surface area contributed by atoms with Crippen LogP contribution < -0.4 is 4.74 Å². The van der Waals surface area contributed by atoms with Crippen molar-refractivity contribution >= 4 is 0 Å². The van der Waals surface area contributed by atoms with Crippen molar-refractivity contribution < 1.29 is 4.74 Å². The fraction of sp³-hybridized carbons (Fsp3) is 0.143. The van der Waals surface area contributed by atoms with Crippen LogP contribution in [0.3, 0.4) is 0 Å². The lowest BCUT2D eigenvalue weighted by atomic mass is 9.99. The maximum absolute atomic E-state index is 8.84. The summed E-state index contributed by atoms with van der Waals surface area (Å²) < 4.78 is 5.24. The molecule has 0 saturated heterocycles. The molecule has 0 bridgehead atoms. The van der Waals surface area contributed by atoms with Crippen LogP contribution in [0.15, 0.2) is 36.5 Å². The Morgan fingerprint density at radius 3 is 2.71 bits per heavy atom. The predicted molar refractivity (Wildman–Crippen MR) is 65.7 cm³/mol. The van der Waals surface area contributed by atoms with Crippen molar-refractivity contribution in [2.75, 3.05) is 7.11 Å². The van der Waals surface area contributed by atoms with Gasteiger partial charge in [-0.15, -0.1) is 0 Å². The van der Waals surface area contributed by atoms with E-state index in [-0.39, 0.29) is 0 Å². The maximum Gasteiger partial charge on any atom is 0.221 e. The van der Waals surface area contributed by atoms with Crippen molar-refractivity contribution in [1.82, 2.24) is 4.98 Å². The molecule has 0 amide bonds. The van der Waals surface area contributed by atoms with E-state index in [2.05, 4.69) is 11.1 Å². The molecule has 2 aromatic rings. The summed E-state index contributed by atoms with van der Waals surface area (Å²) in [6, 6.07) is 11.5. The Bertz CT molecular complexity index is 585. The van der Waals surface area contributed by atoms with Gasteiger partial charge in [0.2, 0.25) is 5.88 Å². The van der Waals surface area contributed by atoms with Gasteiger partial charge in [0.15, 0.2) is 0 Å². The minimum absolute atomic E-state index is 0.598. The van der Waals surface area contributed by atoms with Gasteiger partial charge < -0.3 is 4.74 Å². The molecule has 3 heteroatoms. The average molecular weight is 224 g/mol. The van der Waals surface area contributed by atoms with Crippen LogP contribution in [-0.2, 0) is 0 Å². The highest BCUT2D eigenvalue weighted by Crippen LogP contribution is 2.30. The molecular weight excluding hydrogens is 212 g/mol. The molecule has 17 heavy (non-hydrogen) atoms. The fourth-order valence-electron chi connectivity index (χ4n) is 1.79. The summed E-state index contributed by atoms with van der Waals surface area (Å²) in [6.07, 6.45) is 1.70. The normalized spacial score (nSPS) is 9.71. The molecule has 0 radical (unpaired) electrons. The highest BCUT2D eigenvalue weighted by atomic mass is 16.5. The van der Waals surface area contributed by atoms with Crippen molar-refractivity contribution in [3.8, 4) is 23.1 Å². The zero-order chi connectivity index (χ0) is 12.3. The summed E-state index contributed by atoms with van der Waals surface area (Å²) in [5.74, 6) is 0.598. The van der Waals surface area contributed by atoms with Crippen LogP contribution in [-0.4, -0.2) is 12.1 Å². The van der Waals surface area contributed by atoms with Gasteiger partial charge in [-0.2, -0.15) is 5.26 Å². The van der Waals surface area contributed by atoms with Gasteiger partial charge in [0, 0.05) is 11.8 Å². The molecule has 0 aliphatic rings. The number of aryl methyl sites for hydroxylation is 1. The number of nitrogens with zero attached hydrogens (tertiary/aromatic N) is 2. The number of pyridine rings is 1. The van der Waals surface area contributed by atoms with E-state index in [0.717, 1.165) is 16.7 Å². The Balaban J connectivity index is 2.57. The third-order valence-electron chi connectivity index (χ3n) is 2.61. The van der Waals surface area contributed by atoms with E-state index in [4.69, 9.17) is 10.00 Å². The van der Waals surface area contributed by atoms with Crippen LogP contribution in [0.1, 0.15) is 11.1 Å². The van der Waals surface area contributed by atoms with Gasteiger partial charge in [-0.05, 0) is 42.3 Å². The molecule has 1 aromatic carbocycles. The third-order valence-corrected chi connectivity index (χ3v) is 2.61. The minimum Gasteiger partial charge on any atom is -0.481 e. The standard InChI is InChI=1S/C14H12N2O/c1-10-8-11(9-15)5-6-12(10)13-4-3-7-16-14(13)17-2/h3-8H,1-2H3. The van der Waals surface area contributed by atoms with E-state index in [1.807, 2.05) is 31.2 Å². The Kier molecular flexibility index (Phi) is 3.06. The van der Waals surface area contributed by atoms with Crippen molar-refractivity contribution in [3.63, 3.8) is 0 Å². The summed E-state index contributed by atoms with van der Waals surface area (Å²) in [7, 11) is 1.60. The zero-order valence-electron chi connectivity index (χ0n) is 9.77. The summed E-state index contributed by atoms with van der Waals surface area (Å²) in [6.45, 7) is 1.97. The first-order valence-corrected chi connectivity index (χ1v) is 5.26. The summed E-state index contributed by atoms with van der Waals surface area (Å²) >= 11 is 0. The number of methoxy groups -OCH3 is 1. The number of rotatable bonds is 2. The Morgan fingerprint density at radius 2 is 2.06 bits per heavy atom. The topological polar surface area (TPSA) is 45.9 Å². The lowest BCUT2D eigenvalue weighted by Crippen LogP contribution is -1.92. The molecule has 84 valence electrons. The van der Waals surface area contributed by atoms with Crippen LogP contribution in [0.5, 0.6) is 5.88 Å². The molecule has 1 aromatic heterocycles. The Hall–Kier alpha value is -2.34. The van der Waals surface area contributed by atoms with E-state index >= 15 is 0 Å². The van der Waals surface area contributed by atoms with Gasteiger partial charge in [-0.3, -0.25) is 0 Å². The van der Waals surface area contributed by atoms with Gasteiger partial charge in [0.25, 0.3) is 0 Å². The largest absolute Gasteiger partial charge is 0.481 e. The molecule has 0 aliphatic heterocycles. The number of benzene rings is 1. The van der Waals surface area contributed by atoms with Crippen molar-refractivity contribution in [3.05, 3.63) is 47.7 Å². The van der Waals surface area contributed by atoms with Gasteiger partial charge in [-0.25, -0.2) is 4.98 Å². The zero-order valence-corrected chi connectivity index (χ0v) is 9.77. The summed E-state index contributed by atoms with van der Waals surface area (Å²) in [5.41, 5.74) is 3.68. The molecule has 1 heterocycles. The summed E-state index contributed by atoms with van der Waals surface area (Å²) in [4.78, 5) is 4.17. The van der Waals surface area contributed by atoms with Gasteiger partial charge in [0.1, 0.15) is 0 Å². The Labute approximate surface area is 100 Å². The first-order chi connectivity index (χ1) is 8.26. The molecular formula is C14H12N2O. The van der Waals surface area contributed by atoms with Gasteiger partial charge in [-0.1, -0.05) is 6.07 Å². The molecule has 2 rings (SSSR count). The quantitative estimate of drug-likeness (QED) is 0.787. The van der Waals surface area contributed by atoms with Crippen LogP contribution in [0.4, 0.5) is 0 Å². The van der Waals surface area contributed by atoms with Gasteiger partial charge >= 0.3 is 0 Å². The lowest BCUT2D eigenvalue weighted by molar-refractivity contribution is 0.399. The second kappa shape index (κ2) is 4.67. The van der Waals surface area contributed by atoms with Crippen LogP contribution in [0.2, 0.25) is 0 Å². The number of hydrogen-bond donors (Lipinski definition) is 0. The number of hydrogen-bond acceptors (Lipinski definition) is 3. The van der Waals surface area contributed by atoms with Crippen LogP contribution in [0, 0.1) is 18.3 Å². The smallest absolute Gasteiger partial charge is 0.221 e. The molecule has 0 N–H and O–H groups in total. The first kappa shape index (κ1) is 11.2. The molecule has 3 nitrogen and oxygen atoms in total. The predicted octanol–water partition coefficient (Wildman–Crippen LogP) is 2.94. The monoisotopic (exact) mass is 224 g/mol.